The fourth-order valence-corrected chi connectivity index (χ4v) is 5.32. The topological polar surface area (TPSA) is 87.3 Å². The van der Waals surface area contributed by atoms with Crippen molar-refractivity contribution in [1.29, 1.82) is 0 Å². The molecule has 0 radical (unpaired) electrons. The van der Waals surface area contributed by atoms with Gasteiger partial charge in [-0.1, -0.05) is 25.1 Å². The lowest BCUT2D eigenvalue weighted by Crippen LogP contribution is -2.15. The molecule has 2 aromatic heterocycles. The van der Waals surface area contributed by atoms with Crippen LogP contribution in [0.2, 0.25) is 0 Å². The van der Waals surface area contributed by atoms with Crippen molar-refractivity contribution in [1.82, 2.24) is 14.9 Å². The molecule has 0 aliphatic rings. The number of hydrogen-bond donors (Lipinski definition) is 2. The molecule has 0 amide bonds. The first-order valence-corrected chi connectivity index (χ1v) is 13.7. The second-order valence-corrected chi connectivity index (χ2v) is 11.5. The molecule has 4 aromatic rings. The van der Waals surface area contributed by atoms with Gasteiger partial charge in [-0.3, -0.25) is 0 Å². The standard InChI is InChI=1S/C28H34N4O3S/c1-7-20(12-13-32(4)5)30-24-16-22(19-10-9-11-21(15-19)36(33,34)8-2)25-23-14-18(3)17-29-28(23)31-26(25)27(24)35-6/h7,9-11,14-17,30H,8,12-13H2,1-6H3,(H,29,31)/b20-7-. The predicted molar refractivity (Wildman–Crippen MR) is 149 cm³/mol. The molecular formula is C28H34N4O3S. The number of fused-ring (bicyclic) bond motifs is 3. The molecule has 2 aromatic carbocycles. The summed E-state index contributed by atoms with van der Waals surface area (Å²) in [6.07, 6.45) is 4.74. The maximum atomic E-state index is 12.7. The number of aromatic amines is 1. The van der Waals surface area contributed by atoms with Crippen LogP contribution in [0.25, 0.3) is 33.1 Å². The Morgan fingerprint density at radius 2 is 2.00 bits per heavy atom. The summed E-state index contributed by atoms with van der Waals surface area (Å²) in [7, 11) is 2.41. The zero-order valence-electron chi connectivity index (χ0n) is 21.8. The normalized spacial score (nSPS) is 12.6. The monoisotopic (exact) mass is 506 g/mol. The molecule has 0 bridgehead atoms. The van der Waals surface area contributed by atoms with Gasteiger partial charge in [0.15, 0.2) is 15.6 Å². The van der Waals surface area contributed by atoms with Crippen molar-refractivity contribution in [2.45, 2.75) is 32.1 Å². The smallest absolute Gasteiger partial charge is 0.178 e. The molecule has 0 unspecified atom stereocenters. The molecular weight excluding hydrogens is 472 g/mol. The minimum Gasteiger partial charge on any atom is -0.492 e. The number of allylic oxidation sites excluding steroid dienone is 1. The van der Waals surface area contributed by atoms with E-state index in [1.807, 2.05) is 32.2 Å². The number of H-pyrrole nitrogens is 1. The number of rotatable bonds is 9. The molecule has 0 spiro atoms. The van der Waals surface area contributed by atoms with Crippen LogP contribution < -0.4 is 10.1 Å². The Balaban J connectivity index is 2.01. The molecule has 0 saturated carbocycles. The summed E-state index contributed by atoms with van der Waals surface area (Å²) in [4.78, 5) is 10.5. The number of nitrogens with zero attached hydrogens (tertiary/aromatic N) is 2. The van der Waals surface area contributed by atoms with E-state index in [1.165, 1.54) is 0 Å². The van der Waals surface area contributed by atoms with E-state index in [1.54, 1.807) is 32.2 Å². The lowest BCUT2D eigenvalue weighted by atomic mass is 9.98. The summed E-state index contributed by atoms with van der Waals surface area (Å²) >= 11 is 0. The zero-order valence-corrected chi connectivity index (χ0v) is 22.6. The number of sulfone groups is 1. The van der Waals surface area contributed by atoms with Gasteiger partial charge in [-0.25, -0.2) is 13.4 Å². The van der Waals surface area contributed by atoms with Gasteiger partial charge >= 0.3 is 0 Å². The number of aromatic nitrogens is 2. The first-order chi connectivity index (χ1) is 17.2. The second kappa shape index (κ2) is 10.3. The van der Waals surface area contributed by atoms with Crippen LogP contribution in [0, 0.1) is 6.92 Å². The summed E-state index contributed by atoms with van der Waals surface area (Å²) < 4.78 is 31.3. The molecule has 0 saturated heterocycles. The molecule has 7 nitrogen and oxygen atoms in total. The number of methoxy groups -OCH3 is 1. The highest BCUT2D eigenvalue weighted by Gasteiger charge is 2.21. The maximum Gasteiger partial charge on any atom is 0.178 e. The van der Waals surface area contributed by atoms with Crippen molar-refractivity contribution < 1.29 is 13.2 Å². The highest BCUT2D eigenvalue weighted by atomic mass is 32.2. The molecule has 0 fully saturated rings. The number of hydrogen-bond acceptors (Lipinski definition) is 6. The Morgan fingerprint density at radius 3 is 2.67 bits per heavy atom. The van der Waals surface area contributed by atoms with Gasteiger partial charge in [0, 0.05) is 29.2 Å². The third-order valence-electron chi connectivity index (χ3n) is 6.38. The Bertz CT molecular complexity index is 1550. The van der Waals surface area contributed by atoms with Crippen LogP contribution in [0.1, 0.15) is 25.8 Å². The Hall–Kier alpha value is -3.36. The highest BCUT2D eigenvalue weighted by molar-refractivity contribution is 7.91. The Labute approximate surface area is 213 Å². The highest BCUT2D eigenvalue weighted by Crippen LogP contribution is 2.44. The first kappa shape index (κ1) is 25.7. The molecule has 2 N–H and O–H groups in total. The van der Waals surface area contributed by atoms with Crippen LogP contribution in [0.15, 0.2) is 59.3 Å². The summed E-state index contributed by atoms with van der Waals surface area (Å²) in [5.41, 5.74) is 6.21. The third kappa shape index (κ3) is 4.96. The minimum absolute atomic E-state index is 0.0496. The average Bonchev–Trinajstić information content (AvgIpc) is 3.24. The van der Waals surface area contributed by atoms with Crippen molar-refractivity contribution in [3.8, 4) is 16.9 Å². The predicted octanol–water partition coefficient (Wildman–Crippen LogP) is 5.76. The largest absolute Gasteiger partial charge is 0.492 e. The fourth-order valence-electron chi connectivity index (χ4n) is 4.39. The van der Waals surface area contributed by atoms with Gasteiger partial charge in [-0.15, -0.1) is 0 Å². The zero-order chi connectivity index (χ0) is 26.0. The van der Waals surface area contributed by atoms with Crippen LogP contribution in [0.5, 0.6) is 5.75 Å². The van der Waals surface area contributed by atoms with Gasteiger partial charge in [0.05, 0.1) is 29.0 Å². The number of ether oxygens (including phenoxy) is 1. The van der Waals surface area contributed by atoms with Crippen molar-refractivity contribution >= 4 is 37.5 Å². The summed E-state index contributed by atoms with van der Waals surface area (Å²) in [6, 6.07) is 11.3. The maximum absolute atomic E-state index is 12.7. The molecule has 4 rings (SSSR count). The molecule has 190 valence electrons. The number of pyridine rings is 1. The lowest BCUT2D eigenvalue weighted by Gasteiger charge is -2.19. The van der Waals surface area contributed by atoms with Crippen LogP contribution in [-0.2, 0) is 9.84 Å². The van der Waals surface area contributed by atoms with Crippen molar-refractivity contribution in [2.24, 2.45) is 0 Å². The van der Waals surface area contributed by atoms with E-state index < -0.39 is 9.84 Å². The number of benzene rings is 2. The van der Waals surface area contributed by atoms with Crippen LogP contribution >= 0.6 is 0 Å². The number of anilines is 1. The van der Waals surface area contributed by atoms with Gasteiger partial charge in [-0.05, 0) is 75.3 Å². The summed E-state index contributed by atoms with van der Waals surface area (Å²) in [6.45, 7) is 6.58. The number of nitrogens with one attached hydrogen (secondary N) is 2. The fraction of sp³-hybridized carbons (Fsp3) is 0.321. The van der Waals surface area contributed by atoms with E-state index in [4.69, 9.17) is 4.74 Å². The Kier molecular flexibility index (Phi) is 7.38. The quantitative estimate of drug-likeness (QED) is 0.300. The van der Waals surface area contributed by atoms with Crippen LogP contribution in [-0.4, -0.2) is 56.8 Å². The molecule has 8 heteroatoms. The molecule has 36 heavy (non-hydrogen) atoms. The van der Waals surface area contributed by atoms with E-state index in [0.717, 1.165) is 63.0 Å². The van der Waals surface area contributed by atoms with Gasteiger partial charge < -0.3 is 19.9 Å². The Morgan fingerprint density at radius 1 is 1.22 bits per heavy atom. The summed E-state index contributed by atoms with van der Waals surface area (Å²) in [5.74, 6) is 0.736. The van der Waals surface area contributed by atoms with E-state index in [9.17, 15) is 8.42 Å². The van der Waals surface area contributed by atoms with Crippen molar-refractivity contribution in [3.63, 3.8) is 0 Å². The van der Waals surface area contributed by atoms with E-state index in [0.29, 0.717) is 10.6 Å². The van der Waals surface area contributed by atoms with Gasteiger partial charge in [0.25, 0.3) is 0 Å². The van der Waals surface area contributed by atoms with Gasteiger partial charge in [-0.2, -0.15) is 0 Å². The molecule has 2 heterocycles. The second-order valence-electron chi connectivity index (χ2n) is 9.21. The molecule has 0 aliphatic heterocycles. The van der Waals surface area contributed by atoms with E-state index in [-0.39, 0.29) is 5.75 Å². The molecule has 0 aliphatic carbocycles. The SMILES string of the molecule is C/C=C(/CCN(C)C)Nc1cc(-c2cccc(S(=O)(=O)CC)c2)c2c([nH]c3ncc(C)cc32)c1OC. The van der Waals surface area contributed by atoms with Crippen molar-refractivity contribution in [2.75, 3.05) is 38.8 Å². The summed E-state index contributed by atoms with van der Waals surface area (Å²) in [5, 5.41) is 5.48. The minimum atomic E-state index is -3.35. The van der Waals surface area contributed by atoms with Crippen LogP contribution in [0.3, 0.4) is 0 Å². The van der Waals surface area contributed by atoms with Gasteiger partial charge in [0.2, 0.25) is 0 Å². The third-order valence-corrected chi connectivity index (χ3v) is 8.11. The average molecular weight is 507 g/mol. The van der Waals surface area contributed by atoms with E-state index in [2.05, 4.69) is 46.4 Å². The van der Waals surface area contributed by atoms with Gasteiger partial charge in [0.1, 0.15) is 5.65 Å². The lowest BCUT2D eigenvalue weighted by molar-refractivity contribution is 0.412. The number of aryl methyl sites for hydroxylation is 1. The first-order valence-electron chi connectivity index (χ1n) is 12.1. The molecule has 0 atom stereocenters. The van der Waals surface area contributed by atoms with Crippen LogP contribution in [0.4, 0.5) is 5.69 Å². The van der Waals surface area contributed by atoms with E-state index >= 15 is 0 Å². The van der Waals surface area contributed by atoms with Crippen molar-refractivity contribution in [3.05, 3.63) is 59.9 Å².